The van der Waals surface area contributed by atoms with Crippen molar-refractivity contribution in [2.24, 2.45) is 0 Å². The number of nitrogens with zero attached hydrogens (tertiary/aromatic N) is 2. The smallest absolute Gasteiger partial charge is 0.269 e. The van der Waals surface area contributed by atoms with Gasteiger partial charge in [0.05, 0.1) is 17.0 Å². The van der Waals surface area contributed by atoms with Crippen LogP contribution in [0.3, 0.4) is 0 Å². The fraction of sp³-hybridized carbons (Fsp3) is 0.261. The Morgan fingerprint density at radius 1 is 1.21 bits per heavy atom. The van der Waals surface area contributed by atoms with Crippen molar-refractivity contribution in [2.75, 3.05) is 5.75 Å². The first kappa shape index (κ1) is 22.9. The van der Waals surface area contributed by atoms with Crippen LogP contribution in [0.5, 0.6) is 0 Å². The zero-order valence-electron chi connectivity index (χ0n) is 17.7. The molecule has 0 saturated carbocycles. The fourth-order valence-electron chi connectivity index (χ4n) is 3.70. The molecule has 8 nitrogen and oxygen atoms in total. The van der Waals surface area contributed by atoms with E-state index >= 15 is 0 Å². The van der Waals surface area contributed by atoms with Crippen LogP contribution in [-0.4, -0.2) is 43.9 Å². The van der Waals surface area contributed by atoms with Gasteiger partial charge in [0, 0.05) is 17.9 Å². The summed E-state index contributed by atoms with van der Waals surface area (Å²) < 4.78 is 5.75. The lowest BCUT2D eigenvalue weighted by Crippen LogP contribution is -2.70. The quantitative estimate of drug-likeness (QED) is 0.279. The van der Waals surface area contributed by atoms with Crippen LogP contribution >= 0.6 is 24.0 Å². The van der Waals surface area contributed by atoms with Crippen LogP contribution in [0.2, 0.25) is 0 Å². The average molecular weight is 484 g/mol. The van der Waals surface area contributed by atoms with Gasteiger partial charge < -0.3 is 10.1 Å². The lowest BCUT2D eigenvalue weighted by molar-refractivity contribution is -0.384. The molecule has 0 radical (unpaired) electrons. The van der Waals surface area contributed by atoms with Gasteiger partial charge in [0.25, 0.3) is 11.6 Å². The van der Waals surface area contributed by atoms with E-state index in [0.717, 1.165) is 16.7 Å². The molecule has 1 fully saturated rings. The van der Waals surface area contributed by atoms with E-state index in [9.17, 15) is 19.7 Å². The van der Waals surface area contributed by atoms with Gasteiger partial charge in [0.2, 0.25) is 11.0 Å². The van der Waals surface area contributed by atoms with Crippen molar-refractivity contribution in [3.05, 3.63) is 87.1 Å². The molecule has 0 spiro atoms. The second kappa shape index (κ2) is 9.72. The summed E-state index contributed by atoms with van der Waals surface area (Å²) in [5.41, 5.74) is 3.09. The molecule has 2 aliphatic heterocycles. The number of nitro benzene ring substituents is 1. The molecule has 2 aromatic rings. The number of amides is 2. The van der Waals surface area contributed by atoms with Crippen LogP contribution in [-0.2, 0) is 27.4 Å². The van der Waals surface area contributed by atoms with Gasteiger partial charge in [-0.2, -0.15) is 0 Å². The summed E-state index contributed by atoms with van der Waals surface area (Å²) in [7, 11) is 0. The Bertz CT molecular complexity index is 1130. The van der Waals surface area contributed by atoms with Crippen LogP contribution in [0.25, 0.3) is 0 Å². The van der Waals surface area contributed by atoms with Crippen molar-refractivity contribution < 1.29 is 19.2 Å². The van der Waals surface area contributed by atoms with E-state index in [-0.39, 0.29) is 41.0 Å². The molecule has 0 bridgehead atoms. The van der Waals surface area contributed by atoms with Gasteiger partial charge in [0.1, 0.15) is 18.0 Å². The SMILES string of the molecule is CC1=C(C(=S)OCc2ccc([N+](=O)[O-])cc2)N2C(=O)C(NC(=O)Cc3ccccc3)[C@H]2SC1. The van der Waals surface area contributed by atoms with Gasteiger partial charge >= 0.3 is 0 Å². The molecule has 170 valence electrons. The summed E-state index contributed by atoms with van der Waals surface area (Å²) in [6.45, 7) is 2.03. The summed E-state index contributed by atoms with van der Waals surface area (Å²) >= 11 is 7.04. The topological polar surface area (TPSA) is 102 Å². The van der Waals surface area contributed by atoms with Crippen LogP contribution in [0.15, 0.2) is 65.9 Å². The number of nitrogens with one attached hydrogen (secondary N) is 1. The number of benzene rings is 2. The minimum atomic E-state index is -0.605. The Hall–Kier alpha value is -3.24. The summed E-state index contributed by atoms with van der Waals surface area (Å²) in [4.78, 5) is 37.3. The van der Waals surface area contributed by atoms with Crippen molar-refractivity contribution in [1.29, 1.82) is 0 Å². The van der Waals surface area contributed by atoms with E-state index in [4.69, 9.17) is 17.0 Å². The molecule has 2 atom stereocenters. The maximum Gasteiger partial charge on any atom is 0.269 e. The molecule has 2 aliphatic rings. The van der Waals surface area contributed by atoms with E-state index in [2.05, 4.69) is 5.32 Å². The Morgan fingerprint density at radius 2 is 1.91 bits per heavy atom. The molecule has 10 heteroatoms. The number of carbonyl (C=O) groups excluding carboxylic acids is 2. The monoisotopic (exact) mass is 483 g/mol. The highest BCUT2D eigenvalue weighted by atomic mass is 32.2. The minimum Gasteiger partial charge on any atom is -0.477 e. The number of ether oxygens (including phenoxy) is 1. The van der Waals surface area contributed by atoms with E-state index < -0.39 is 11.0 Å². The first-order chi connectivity index (χ1) is 15.8. The van der Waals surface area contributed by atoms with Gasteiger partial charge in [0.15, 0.2) is 0 Å². The number of carbonyl (C=O) groups is 2. The Labute approximate surface area is 200 Å². The predicted octanol–water partition coefficient (Wildman–Crippen LogP) is 3.36. The second-order valence-electron chi connectivity index (χ2n) is 7.75. The molecule has 2 amide bonds. The highest BCUT2D eigenvalue weighted by Gasteiger charge is 2.53. The highest BCUT2D eigenvalue weighted by Crippen LogP contribution is 2.40. The molecule has 4 rings (SSSR count). The standard InChI is InChI=1S/C23H21N3O5S2/c1-14-13-33-22-19(24-18(27)11-15-5-3-2-4-6-15)21(28)25(22)20(14)23(32)31-12-16-7-9-17(10-8-16)26(29)30/h2-10,19,22H,11-13H2,1H3,(H,24,27)/t19?,22-/m1/s1. The number of non-ortho nitro benzene ring substituents is 1. The van der Waals surface area contributed by atoms with E-state index in [1.54, 1.807) is 28.8 Å². The molecular formula is C23H21N3O5S2. The van der Waals surface area contributed by atoms with Crippen LogP contribution < -0.4 is 5.32 Å². The van der Waals surface area contributed by atoms with Gasteiger partial charge in [-0.3, -0.25) is 24.6 Å². The minimum absolute atomic E-state index is 0.00134. The Morgan fingerprint density at radius 3 is 2.58 bits per heavy atom. The third-order valence-electron chi connectivity index (χ3n) is 5.39. The first-order valence-electron chi connectivity index (χ1n) is 10.2. The number of fused-ring (bicyclic) bond motifs is 1. The van der Waals surface area contributed by atoms with Crippen molar-refractivity contribution >= 4 is 46.5 Å². The number of hydrogen-bond donors (Lipinski definition) is 1. The molecule has 2 aromatic carbocycles. The highest BCUT2D eigenvalue weighted by molar-refractivity contribution is 8.00. The predicted molar refractivity (Wildman–Crippen MR) is 128 cm³/mol. The van der Waals surface area contributed by atoms with Crippen molar-refractivity contribution in [2.45, 2.75) is 31.4 Å². The van der Waals surface area contributed by atoms with E-state index in [1.807, 2.05) is 37.3 Å². The number of rotatable bonds is 7. The van der Waals surface area contributed by atoms with Crippen LogP contribution in [0.1, 0.15) is 18.1 Å². The first-order valence-corrected chi connectivity index (χ1v) is 11.7. The number of nitro groups is 1. The zero-order valence-corrected chi connectivity index (χ0v) is 19.4. The number of thiocarbonyl (C=S) groups is 1. The van der Waals surface area contributed by atoms with Crippen molar-refractivity contribution in [3.8, 4) is 0 Å². The average Bonchev–Trinajstić information content (AvgIpc) is 2.81. The lowest BCUT2D eigenvalue weighted by atomic mass is 10.0. The maximum atomic E-state index is 12.9. The third kappa shape index (κ3) is 4.91. The summed E-state index contributed by atoms with van der Waals surface area (Å²) in [5.74, 6) is 0.240. The summed E-state index contributed by atoms with van der Waals surface area (Å²) in [5, 5.41) is 13.6. The number of hydrogen-bond acceptors (Lipinski definition) is 7. The lowest BCUT2D eigenvalue weighted by Gasteiger charge is -2.50. The third-order valence-corrected chi connectivity index (χ3v) is 7.13. The van der Waals surface area contributed by atoms with Crippen molar-refractivity contribution in [3.63, 3.8) is 0 Å². The Balaban J connectivity index is 1.37. The molecular weight excluding hydrogens is 462 g/mol. The molecule has 33 heavy (non-hydrogen) atoms. The van der Waals surface area contributed by atoms with Gasteiger partial charge in [-0.1, -0.05) is 30.3 Å². The fourth-order valence-corrected chi connectivity index (χ4v) is 5.32. The van der Waals surface area contributed by atoms with Crippen LogP contribution in [0.4, 0.5) is 5.69 Å². The maximum absolute atomic E-state index is 12.9. The second-order valence-corrected chi connectivity index (χ2v) is 9.22. The van der Waals surface area contributed by atoms with E-state index in [0.29, 0.717) is 11.4 Å². The molecule has 1 saturated heterocycles. The van der Waals surface area contributed by atoms with Crippen molar-refractivity contribution in [1.82, 2.24) is 10.2 Å². The van der Waals surface area contributed by atoms with E-state index in [1.165, 1.54) is 12.1 Å². The van der Waals surface area contributed by atoms with Crippen LogP contribution in [0, 0.1) is 10.1 Å². The zero-order chi connectivity index (χ0) is 23.5. The molecule has 1 unspecified atom stereocenters. The van der Waals surface area contributed by atoms with Gasteiger partial charge in [-0.25, -0.2) is 0 Å². The number of thioether (sulfide) groups is 1. The van der Waals surface area contributed by atoms with Gasteiger partial charge in [-0.05, 0) is 48.0 Å². The normalized spacial score (nSPS) is 19.4. The largest absolute Gasteiger partial charge is 0.477 e. The number of β-lactam (4-membered cyclic amide) rings is 1. The van der Waals surface area contributed by atoms with Gasteiger partial charge in [-0.15, -0.1) is 11.8 Å². The molecule has 1 N–H and O–H groups in total. The summed E-state index contributed by atoms with van der Waals surface area (Å²) in [6, 6.07) is 14.8. The summed E-state index contributed by atoms with van der Waals surface area (Å²) in [6.07, 6.45) is 0.209. The molecule has 0 aliphatic carbocycles. The Kier molecular flexibility index (Phi) is 6.75. The molecule has 2 heterocycles. The molecule has 0 aromatic heterocycles.